The third-order valence-electron chi connectivity index (χ3n) is 4.76. The summed E-state index contributed by atoms with van der Waals surface area (Å²) in [4.78, 5) is 4.69. The lowest BCUT2D eigenvalue weighted by molar-refractivity contribution is 0.215. The Morgan fingerprint density at radius 2 is 1.89 bits per heavy atom. The molecule has 1 saturated heterocycles. The van der Waals surface area contributed by atoms with Gasteiger partial charge in [-0.05, 0) is 30.9 Å². The Morgan fingerprint density at radius 1 is 1.18 bits per heavy atom. The molecule has 1 atom stereocenters. The highest BCUT2D eigenvalue weighted by Gasteiger charge is 2.31. The minimum Gasteiger partial charge on any atom is -0.476 e. The summed E-state index contributed by atoms with van der Waals surface area (Å²) in [5.41, 5.74) is 1.83. The van der Waals surface area contributed by atoms with Gasteiger partial charge >= 0.3 is 0 Å². The van der Waals surface area contributed by atoms with E-state index in [1.807, 2.05) is 74.5 Å². The summed E-state index contributed by atoms with van der Waals surface area (Å²) in [6.45, 7) is 4.49. The molecule has 0 saturated carbocycles. The van der Waals surface area contributed by atoms with Crippen LogP contribution in [0.5, 0.6) is 0 Å². The molecule has 5 heteroatoms. The van der Waals surface area contributed by atoms with Gasteiger partial charge < -0.3 is 15.2 Å². The van der Waals surface area contributed by atoms with Crippen LogP contribution in [-0.4, -0.2) is 22.2 Å². The number of aliphatic hydroxyl groups is 1. The van der Waals surface area contributed by atoms with Gasteiger partial charge in [-0.2, -0.15) is 5.26 Å². The van der Waals surface area contributed by atoms with E-state index < -0.39 is 6.10 Å². The van der Waals surface area contributed by atoms with Crippen LogP contribution in [0.15, 0.2) is 66.5 Å². The van der Waals surface area contributed by atoms with E-state index in [0.29, 0.717) is 29.5 Å². The number of allylic oxidation sites excluding steroid dienone is 1. The predicted octanol–water partition coefficient (Wildman–Crippen LogP) is 3.91. The highest BCUT2D eigenvalue weighted by atomic mass is 16.5. The average molecular weight is 371 g/mol. The largest absolute Gasteiger partial charge is 0.476 e. The number of nitrogens with one attached hydrogen (secondary N) is 1. The lowest BCUT2D eigenvalue weighted by Crippen LogP contribution is -2.34. The summed E-state index contributed by atoms with van der Waals surface area (Å²) in [5.74, 6) is 0.427. The molecule has 28 heavy (non-hydrogen) atoms. The van der Waals surface area contributed by atoms with E-state index in [4.69, 9.17) is 9.72 Å². The number of aliphatic hydroxyl groups excluding tert-OH is 1. The first-order valence-electron chi connectivity index (χ1n) is 9.17. The van der Waals surface area contributed by atoms with Crippen LogP contribution in [0.2, 0.25) is 0 Å². The second kappa shape index (κ2) is 6.99. The molecule has 4 rings (SSSR count). The van der Waals surface area contributed by atoms with Crippen LogP contribution >= 0.6 is 0 Å². The SMILES string of the molecule is CC1(C)CO/C(=C(/C#N)c2nc(C(O)c3ccccc3)cc3ccccc23)N1. The van der Waals surface area contributed by atoms with Gasteiger partial charge in [-0.25, -0.2) is 4.98 Å². The summed E-state index contributed by atoms with van der Waals surface area (Å²) in [6.07, 6.45) is -0.886. The fraction of sp³-hybridized carbons (Fsp3) is 0.217. The fourth-order valence-electron chi connectivity index (χ4n) is 3.33. The number of benzene rings is 2. The molecule has 1 unspecified atom stereocenters. The molecule has 1 fully saturated rings. The van der Waals surface area contributed by atoms with Crippen LogP contribution in [0.3, 0.4) is 0 Å². The van der Waals surface area contributed by atoms with Crippen molar-refractivity contribution in [3.05, 3.63) is 83.5 Å². The van der Waals surface area contributed by atoms with Gasteiger partial charge in [0.2, 0.25) is 5.88 Å². The third-order valence-corrected chi connectivity index (χ3v) is 4.76. The zero-order valence-corrected chi connectivity index (χ0v) is 15.8. The van der Waals surface area contributed by atoms with Crippen molar-refractivity contribution < 1.29 is 9.84 Å². The van der Waals surface area contributed by atoms with E-state index in [0.717, 1.165) is 16.3 Å². The van der Waals surface area contributed by atoms with Crippen molar-refractivity contribution in [2.45, 2.75) is 25.5 Å². The van der Waals surface area contributed by atoms with Crippen molar-refractivity contribution in [2.75, 3.05) is 6.61 Å². The van der Waals surface area contributed by atoms with E-state index in [9.17, 15) is 10.4 Å². The molecule has 2 N–H and O–H groups in total. The van der Waals surface area contributed by atoms with Crippen LogP contribution in [0.1, 0.15) is 36.9 Å². The number of aromatic nitrogens is 1. The normalized spacial score (nSPS) is 18.1. The first-order valence-corrected chi connectivity index (χ1v) is 9.17. The Morgan fingerprint density at radius 3 is 2.57 bits per heavy atom. The highest BCUT2D eigenvalue weighted by molar-refractivity contribution is 5.96. The highest BCUT2D eigenvalue weighted by Crippen LogP contribution is 2.31. The van der Waals surface area contributed by atoms with Gasteiger partial charge in [0.1, 0.15) is 24.4 Å². The Bertz CT molecular complexity index is 1100. The van der Waals surface area contributed by atoms with Gasteiger partial charge in [0, 0.05) is 5.39 Å². The molecule has 0 amide bonds. The standard InChI is InChI=1S/C23H21N3O2/c1-23(2)14-28-22(26-23)18(13-24)20-17-11-7-6-10-16(17)12-19(25-20)21(27)15-8-4-3-5-9-15/h3-12,21,26-27H,14H2,1-2H3/b22-18-. The van der Waals surface area contributed by atoms with Gasteiger partial charge in [-0.1, -0.05) is 54.6 Å². The van der Waals surface area contributed by atoms with Crippen LogP contribution in [0, 0.1) is 11.3 Å². The topological polar surface area (TPSA) is 78.2 Å². The molecule has 1 aliphatic rings. The summed E-state index contributed by atoms with van der Waals surface area (Å²) >= 11 is 0. The minimum absolute atomic E-state index is 0.256. The van der Waals surface area contributed by atoms with Crippen molar-refractivity contribution in [1.29, 1.82) is 5.26 Å². The molecular weight excluding hydrogens is 350 g/mol. The number of ether oxygens (including phenoxy) is 1. The monoisotopic (exact) mass is 371 g/mol. The quantitative estimate of drug-likeness (QED) is 0.683. The second-order valence-electron chi connectivity index (χ2n) is 7.54. The number of nitriles is 1. The molecule has 1 aliphatic heterocycles. The zero-order chi connectivity index (χ0) is 19.7. The molecule has 0 aliphatic carbocycles. The third kappa shape index (κ3) is 3.30. The Hall–Kier alpha value is -3.36. The number of fused-ring (bicyclic) bond motifs is 1. The molecular formula is C23H21N3O2. The molecule has 5 nitrogen and oxygen atoms in total. The Kier molecular flexibility index (Phi) is 4.50. The lowest BCUT2D eigenvalue weighted by atomic mass is 10.00. The van der Waals surface area contributed by atoms with Crippen molar-refractivity contribution in [3.63, 3.8) is 0 Å². The number of hydrogen-bond donors (Lipinski definition) is 2. The summed E-state index contributed by atoms with van der Waals surface area (Å²) in [6, 6.07) is 21.2. The summed E-state index contributed by atoms with van der Waals surface area (Å²) in [7, 11) is 0. The van der Waals surface area contributed by atoms with Crippen molar-refractivity contribution in [2.24, 2.45) is 0 Å². The molecule has 1 aromatic heterocycles. The van der Waals surface area contributed by atoms with E-state index >= 15 is 0 Å². The van der Waals surface area contributed by atoms with Gasteiger partial charge in [-0.3, -0.25) is 0 Å². The molecule has 2 aromatic carbocycles. The van der Waals surface area contributed by atoms with E-state index in [1.54, 1.807) is 0 Å². The molecule has 140 valence electrons. The maximum absolute atomic E-state index is 10.9. The number of hydrogen-bond acceptors (Lipinski definition) is 5. The van der Waals surface area contributed by atoms with Crippen LogP contribution in [0.25, 0.3) is 16.3 Å². The lowest BCUT2D eigenvalue weighted by Gasteiger charge is -2.16. The first-order chi connectivity index (χ1) is 13.5. The predicted molar refractivity (Wildman–Crippen MR) is 108 cm³/mol. The van der Waals surface area contributed by atoms with Crippen LogP contribution in [0.4, 0.5) is 0 Å². The van der Waals surface area contributed by atoms with Crippen LogP contribution in [-0.2, 0) is 4.74 Å². The molecule has 0 bridgehead atoms. The molecule has 0 spiro atoms. The maximum Gasteiger partial charge on any atom is 0.207 e. The van der Waals surface area contributed by atoms with Gasteiger partial charge in [-0.15, -0.1) is 0 Å². The summed E-state index contributed by atoms with van der Waals surface area (Å²) in [5, 5.41) is 25.8. The average Bonchev–Trinajstić information content (AvgIpc) is 3.08. The van der Waals surface area contributed by atoms with Gasteiger partial charge in [0.15, 0.2) is 0 Å². The maximum atomic E-state index is 10.9. The molecule has 3 aromatic rings. The first kappa shape index (κ1) is 18.0. The van der Waals surface area contributed by atoms with Crippen molar-refractivity contribution >= 4 is 16.3 Å². The van der Waals surface area contributed by atoms with E-state index in [2.05, 4.69) is 11.4 Å². The number of rotatable bonds is 3. The smallest absolute Gasteiger partial charge is 0.207 e. The molecule has 0 radical (unpaired) electrons. The number of nitrogens with zero attached hydrogens (tertiary/aromatic N) is 2. The second-order valence-corrected chi connectivity index (χ2v) is 7.54. The Balaban J connectivity index is 1.91. The van der Waals surface area contributed by atoms with Gasteiger partial charge in [0.25, 0.3) is 0 Å². The fourth-order valence-corrected chi connectivity index (χ4v) is 3.33. The van der Waals surface area contributed by atoms with E-state index in [-0.39, 0.29) is 5.54 Å². The zero-order valence-electron chi connectivity index (χ0n) is 15.8. The summed E-state index contributed by atoms with van der Waals surface area (Å²) < 4.78 is 5.75. The van der Waals surface area contributed by atoms with Crippen molar-refractivity contribution in [1.82, 2.24) is 10.3 Å². The number of pyridine rings is 1. The van der Waals surface area contributed by atoms with E-state index in [1.165, 1.54) is 0 Å². The Labute approximate surface area is 163 Å². The van der Waals surface area contributed by atoms with Crippen molar-refractivity contribution in [3.8, 4) is 6.07 Å². The van der Waals surface area contributed by atoms with Gasteiger partial charge in [0.05, 0.1) is 16.9 Å². The minimum atomic E-state index is -0.886. The van der Waals surface area contributed by atoms with Crippen LogP contribution < -0.4 is 5.32 Å². The molecule has 2 heterocycles.